The van der Waals surface area contributed by atoms with Gasteiger partial charge in [-0.2, -0.15) is 5.10 Å². The number of benzene rings is 1. The van der Waals surface area contributed by atoms with Gasteiger partial charge in [0.15, 0.2) is 0 Å². The summed E-state index contributed by atoms with van der Waals surface area (Å²) >= 11 is 0. The van der Waals surface area contributed by atoms with Gasteiger partial charge < -0.3 is 16.2 Å². The zero-order valence-corrected chi connectivity index (χ0v) is 9.89. The van der Waals surface area contributed by atoms with E-state index in [1.807, 2.05) is 24.3 Å². The van der Waals surface area contributed by atoms with Crippen molar-refractivity contribution in [1.29, 1.82) is 0 Å². The Morgan fingerprint density at radius 2 is 2.28 bits per heavy atom. The van der Waals surface area contributed by atoms with Crippen LogP contribution in [0.5, 0.6) is 0 Å². The highest BCUT2D eigenvalue weighted by atomic mass is 16.3. The standard InChI is InChI=1S/C12H16N4O2/c13-9(7-17)12(18)14-6-5-11-8-3-1-2-4-10(8)15-16-11/h1-4,9,17H,5-7,13H2,(H,14,18)(H,15,16). The van der Waals surface area contributed by atoms with E-state index in [1.165, 1.54) is 0 Å². The molecule has 0 bridgehead atoms. The maximum Gasteiger partial charge on any atom is 0.239 e. The molecule has 0 saturated heterocycles. The maximum absolute atomic E-state index is 11.3. The number of carbonyl (C=O) groups is 1. The first-order valence-corrected chi connectivity index (χ1v) is 5.78. The number of aromatic amines is 1. The van der Waals surface area contributed by atoms with Crippen molar-refractivity contribution >= 4 is 16.8 Å². The molecule has 1 unspecified atom stereocenters. The Kier molecular flexibility index (Phi) is 3.91. The molecule has 0 saturated carbocycles. The number of nitrogens with two attached hydrogens (primary N) is 1. The summed E-state index contributed by atoms with van der Waals surface area (Å²) < 4.78 is 0. The summed E-state index contributed by atoms with van der Waals surface area (Å²) in [5, 5.41) is 19.6. The Morgan fingerprint density at radius 3 is 3.06 bits per heavy atom. The zero-order chi connectivity index (χ0) is 13.0. The fourth-order valence-corrected chi connectivity index (χ4v) is 1.73. The number of aromatic nitrogens is 2. The average Bonchev–Trinajstić information content (AvgIpc) is 2.81. The van der Waals surface area contributed by atoms with Crippen LogP contribution in [0.15, 0.2) is 24.3 Å². The van der Waals surface area contributed by atoms with E-state index in [-0.39, 0.29) is 12.5 Å². The predicted octanol–water partition coefficient (Wildman–Crippen LogP) is -0.459. The second-order valence-corrected chi connectivity index (χ2v) is 4.05. The van der Waals surface area contributed by atoms with Gasteiger partial charge in [-0.25, -0.2) is 0 Å². The van der Waals surface area contributed by atoms with E-state index in [0.29, 0.717) is 13.0 Å². The van der Waals surface area contributed by atoms with Crippen LogP contribution < -0.4 is 11.1 Å². The molecule has 2 rings (SSSR count). The zero-order valence-electron chi connectivity index (χ0n) is 9.89. The van der Waals surface area contributed by atoms with Crippen LogP contribution in [0.25, 0.3) is 10.9 Å². The van der Waals surface area contributed by atoms with Gasteiger partial charge in [-0.05, 0) is 6.07 Å². The number of nitrogens with one attached hydrogen (secondary N) is 2. The largest absolute Gasteiger partial charge is 0.394 e. The van der Waals surface area contributed by atoms with Crippen LogP contribution in [0.2, 0.25) is 0 Å². The van der Waals surface area contributed by atoms with E-state index in [9.17, 15) is 4.79 Å². The van der Waals surface area contributed by atoms with Gasteiger partial charge in [-0.15, -0.1) is 0 Å². The fourth-order valence-electron chi connectivity index (χ4n) is 1.73. The van der Waals surface area contributed by atoms with E-state index in [0.717, 1.165) is 16.6 Å². The molecule has 1 aromatic carbocycles. The summed E-state index contributed by atoms with van der Waals surface area (Å²) in [6, 6.07) is 6.92. The number of para-hydroxylation sites is 1. The number of hydrogen-bond donors (Lipinski definition) is 4. The van der Waals surface area contributed by atoms with Gasteiger partial charge in [0.1, 0.15) is 6.04 Å². The van der Waals surface area contributed by atoms with Crippen molar-refractivity contribution in [1.82, 2.24) is 15.5 Å². The third-order valence-electron chi connectivity index (χ3n) is 2.75. The number of aliphatic hydroxyl groups is 1. The third-order valence-corrected chi connectivity index (χ3v) is 2.75. The molecule has 6 heteroatoms. The highest BCUT2D eigenvalue weighted by molar-refractivity contribution is 5.82. The van der Waals surface area contributed by atoms with Crippen molar-refractivity contribution in [2.45, 2.75) is 12.5 Å². The van der Waals surface area contributed by atoms with E-state index >= 15 is 0 Å². The normalized spacial score (nSPS) is 12.6. The quantitative estimate of drug-likeness (QED) is 0.575. The molecule has 0 aliphatic rings. The first-order valence-electron chi connectivity index (χ1n) is 5.78. The van der Waals surface area contributed by atoms with E-state index < -0.39 is 6.04 Å². The van der Waals surface area contributed by atoms with Crippen molar-refractivity contribution < 1.29 is 9.90 Å². The maximum atomic E-state index is 11.3. The number of carbonyl (C=O) groups excluding carboxylic acids is 1. The number of H-pyrrole nitrogens is 1. The van der Waals surface area contributed by atoms with Gasteiger partial charge >= 0.3 is 0 Å². The lowest BCUT2D eigenvalue weighted by molar-refractivity contribution is -0.123. The summed E-state index contributed by atoms with van der Waals surface area (Å²) in [5.41, 5.74) is 7.27. The van der Waals surface area contributed by atoms with Crippen LogP contribution in [-0.4, -0.2) is 40.4 Å². The van der Waals surface area contributed by atoms with Gasteiger partial charge in [-0.3, -0.25) is 9.89 Å². The number of rotatable bonds is 5. The molecule has 1 heterocycles. The molecule has 1 atom stereocenters. The second kappa shape index (κ2) is 5.61. The van der Waals surface area contributed by atoms with Crippen molar-refractivity contribution in [2.75, 3.05) is 13.2 Å². The highest BCUT2D eigenvalue weighted by Crippen LogP contribution is 2.14. The van der Waals surface area contributed by atoms with Crippen molar-refractivity contribution in [2.24, 2.45) is 5.73 Å². The minimum atomic E-state index is -0.858. The van der Waals surface area contributed by atoms with Crippen LogP contribution in [0.3, 0.4) is 0 Å². The smallest absolute Gasteiger partial charge is 0.239 e. The average molecular weight is 248 g/mol. The SMILES string of the molecule is NC(CO)C(=O)NCCc1[nH]nc2ccccc12. The fraction of sp³-hybridized carbons (Fsp3) is 0.333. The molecule has 1 aromatic heterocycles. The summed E-state index contributed by atoms with van der Waals surface area (Å²) in [4.78, 5) is 11.3. The summed E-state index contributed by atoms with van der Waals surface area (Å²) in [6.45, 7) is 0.109. The Bertz CT molecular complexity index is 538. The lowest BCUT2D eigenvalue weighted by atomic mass is 10.1. The molecular formula is C12H16N4O2. The second-order valence-electron chi connectivity index (χ2n) is 4.05. The van der Waals surface area contributed by atoms with Crippen LogP contribution in [-0.2, 0) is 11.2 Å². The van der Waals surface area contributed by atoms with Gasteiger partial charge in [0.05, 0.1) is 12.1 Å². The molecule has 0 spiro atoms. The molecule has 0 fully saturated rings. The molecule has 96 valence electrons. The van der Waals surface area contributed by atoms with Crippen molar-refractivity contribution in [3.05, 3.63) is 30.0 Å². The molecular weight excluding hydrogens is 232 g/mol. The molecule has 1 amide bonds. The van der Waals surface area contributed by atoms with E-state index in [1.54, 1.807) is 0 Å². The van der Waals surface area contributed by atoms with Crippen LogP contribution in [0, 0.1) is 0 Å². The Hall–Kier alpha value is -1.92. The molecule has 6 nitrogen and oxygen atoms in total. The topological polar surface area (TPSA) is 104 Å². The molecule has 0 aliphatic heterocycles. The third kappa shape index (κ3) is 2.66. The van der Waals surface area contributed by atoms with Crippen LogP contribution >= 0.6 is 0 Å². The molecule has 18 heavy (non-hydrogen) atoms. The first kappa shape index (κ1) is 12.5. The Morgan fingerprint density at radius 1 is 1.50 bits per heavy atom. The van der Waals surface area contributed by atoms with Crippen LogP contribution in [0.4, 0.5) is 0 Å². The van der Waals surface area contributed by atoms with Crippen molar-refractivity contribution in [3.8, 4) is 0 Å². The van der Waals surface area contributed by atoms with Gasteiger partial charge in [-0.1, -0.05) is 18.2 Å². The minimum absolute atomic E-state index is 0.346. The number of amides is 1. The molecule has 2 aromatic rings. The Balaban J connectivity index is 1.93. The van der Waals surface area contributed by atoms with Gasteiger partial charge in [0.2, 0.25) is 5.91 Å². The van der Waals surface area contributed by atoms with E-state index in [2.05, 4.69) is 15.5 Å². The van der Waals surface area contributed by atoms with Gasteiger partial charge in [0.25, 0.3) is 0 Å². The Labute approximate surface area is 104 Å². The summed E-state index contributed by atoms with van der Waals surface area (Å²) in [5.74, 6) is -0.346. The molecule has 0 radical (unpaired) electrons. The van der Waals surface area contributed by atoms with Gasteiger partial charge in [0, 0.05) is 24.0 Å². The monoisotopic (exact) mass is 248 g/mol. The lowest BCUT2D eigenvalue weighted by Gasteiger charge is -2.08. The van der Waals surface area contributed by atoms with Crippen LogP contribution in [0.1, 0.15) is 5.69 Å². The molecule has 0 aliphatic carbocycles. The number of aliphatic hydroxyl groups excluding tert-OH is 1. The summed E-state index contributed by atoms with van der Waals surface area (Å²) in [6.07, 6.45) is 0.643. The predicted molar refractivity (Wildman–Crippen MR) is 67.9 cm³/mol. The number of hydrogen-bond acceptors (Lipinski definition) is 4. The first-order chi connectivity index (χ1) is 8.72. The van der Waals surface area contributed by atoms with E-state index in [4.69, 9.17) is 10.8 Å². The summed E-state index contributed by atoms with van der Waals surface area (Å²) in [7, 11) is 0. The van der Waals surface area contributed by atoms with Crippen molar-refractivity contribution in [3.63, 3.8) is 0 Å². The number of nitrogens with zero attached hydrogens (tertiary/aromatic N) is 1. The highest BCUT2D eigenvalue weighted by Gasteiger charge is 2.11. The number of fused-ring (bicyclic) bond motifs is 1. The minimum Gasteiger partial charge on any atom is -0.394 e. The lowest BCUT2D eigenvalue weighted by Crippen LogP contribution is -2.43. The molecule has 5 N–H and O–H groups in total.